The van der Waals surface area contributed by atoms with Crippen molar-refractivity contribution in [2.24, 2.45) is 0 Å². The van der Waals surface area contributed by atoms with Gasteiger partial charge in [0.05, 0.1) is 5.56 Å². The van der Waals surface area contributed by atoms with Gasteiger partial charge >= 0.3 is 0 Å². The van der Waals surface area contributed by atoms with Crippen LogP contribution < -0.4 is 5.32 Å². The number of aryl methyl sites for hydroxylation is 1. The minimum Gasteiger partial charge on any atom is -0.296 e. The summed E-state index contributed by atoms with van der Waals surface area (Å²) in [6, 6.07) is 7.55. The summed E-state index contributed by atoms with van der Waals surface area (Å²) in [6.45, 7) is 2.14. The summed E-state index contributed by atoms with van der Waals surface area (Å²) in [5, 5.41) is 12.5. The second kappa shape index (κ2) is 7.40. The third-order valence-electron chi connectivity index (χ3n) is 2.78. The number of hydrogen-bond donors (Lipinski definition) is 1. The number of nitrogens with zero attached hydrogens (tertiary/aromatic N) is 2. The molecule has 1 amide bonds. The van der Waals surface area contributed by atoms with Gasteiger partial charge in [0.2, 0.25) is 5.13 Å². The van der Waals surface area contributed by atoms with Gasteiger partial charge in [-0.15, -0.1) is 22.0 Å². The molecule has 0 saturated heterocycles. The molecular weight excluding hydrogens is 290 g/mol. The largest absolute Gasteiger partial charge is 0.296 e. The summed E-state index contributed by atoms with van der Waals surface area (Å²) in [5.41, 5.74) is 0.672. The lowest BCUT2D eigenvalue weighted by Crippen LogP contribution is -2.12. The maximum atomic E-state index is 12.2. The molecule has 0 aliphatic heterocycles. The van der Waals surface area contributed by atoms with Crippen molar-refractivity contribution in [1.82, 2.24) is 10.2 Å². The van der Waals surface area contributed by atoms with Crippen LogP contribution in [0.15, 0.2) is 29.2 Å². The number of carbonyl (C=O) groups is 1. The van der Waals surface area contributed by atoms with Gasteiger partial charge in [-0.05, 0) is 24.8 Å². The maximum Gasteiger partial charge on any atom is 0.258 e. The molecule has 0 aliphatic rings. The van der Waals surface area contributed by atoms with Crippen LogP contribution in [0.1, 0.15) is 35.1 Å². The van der Waals surface area contributed by atoms with Crippen LogP contribution in [0.2, 0.25) is 0 Å². The normalized spacial score (nSPS) is 10.5. The Balaban J connectivity index is 2.05. The van der Waals surface area contributed by atoms with E-state index in [9.17, 15) is 4.79 Å². The van der Waals surface area contributed by atoms with Crippen molar-refractivity contribution in [3.8, 4) is 0 Å². The van der Waals surface area contributed by atoms with E-state index < -0.39 is 0 Å². The first kappa shape index (κ1) is 15.0. The van der Waals surface area contributed by atoms with E-state index in [0.717, 1.165) is 29.2 Å². The molecule has 0 radical (unpaired) electrons. The third kappa shape index (κ3) is 3.80. The Morgan fingerprint density at radius 1 is 1.35 bits per heavy atom. The van der Waals surface area contributed by atoms with Crippen molar-refractivity contribution in [1.29, 1.82) is 0 Å². The molecule has 1 heterocycles. The van der Waals surface area contributed by atoms with Gasteiger partial charge in [0, 0.05) is 11.3 Å². The third-order valence-corrected chi connectivity index (χ3v) is 4.48. The highest BCUT2D eigenvalue weighted by molar-refractivity contribution is 7.98. The highest BCUT2D eigenvalue weighted by Gasteiger charge is 2.13. The average molecular weight is 307 g/mol. The molecule has 20 heavy (non-hydrogen) atoms. The first-order chi connectivity index (χ1) is 9.74. The highest BCUT2D eigenvalue weighted by Crippen LogP contribution is 2.22. The predicted octanol–water partition coefficient (Wildman–Crippen LogP) is 3.85. The van der Waals surface area contributed by atoms with Gasteiger partial charge in [0.15, 0.2) is 0 Å². The van der Waals surface area contributed by atoms with E-state index in [1.54, 1.807) is 11.8 Å². The van der Waals surface area contributed by atoms with Gasteiger partial charge in [0.1, 0.15) is 5.01 Å². The summed E-state index contributed by atoms with van der Waals surface area (Å²) < 4.78 is 0. The number of thioether (sulfide) groups is 1. The molecule has 6 heteroatoms. The number of anilines is 1. The summed E-state index contributed by atoms with van der Waals surface area (Å²) in [6.07, 6.45) is 5.10. The standard InChI is InChI=1S/C14H17N3OS2/c1-3-4-9-12-16-17-14(20-12)15-13(18)10-7-5-6-8-11(10)19-2/h5-8H,3-4,9H2,1-2H3,(H,15,17,18). The fourth-order valence-corrected chi connectivity index (χ4v) is 3.10. The van der Waals surface area contributed by atoms with Crippen LogP contribution in [0.4, 0.5) is 5.13 Å². The number of carbonyl (C=O) groups excluding carboxylic acids is 1. The van der Waals surface area contributed by atoms with Gasteiger partial charge in [-0.1, -0.05) is 36.8 Å². The average Bonchev–Trinajstić information content (AvgIpc) is 2.92. The van der Waals surface area contributed by atoms with Crippen LogP contribution in [0.25, 0.3) is 0 Å². The molecule has 0 atom stereocenters. The van der Waals surface area contributed by atoms with E-state index in [1.807, 2.05) is 30.5 Å². The summed E-state index contributed by atoms with van der Waals surface area (Å²) in [5.74, 6) is -0.131. The SMILES string of the molecule is CCCCc1nnc(NC(=O)c2ccccc2SC)s1. The number of rotatable bonds is 6. The minimum absolute atomic E-state index is 0.131. The Bertz CT molecular complexity index is 583. The molecule has 0 saturated carbocycles. The Morgan fingerprint density at radius 2 is 2.15 bits per heavy atom. The molecule has 0 spiro atoms. The lowest BCUT2D eigenvalue weighted by atomic mass is 10.2. The second-order valence-electron chi connectivity index (χ2n) is 4.26. The smallest absolute Gasteiger partial charge is 0.258 e. The van der Waals surface area contributed by atoms with Crippen LogP contribution in [0.5, 0.6) is 0 Å². The molecule has 0 bridgehead atoms. The Labute approximate surface area is 127 Å². The number of amides is 1. The lowest BCUT2D eigenvalue weighted by molar-refractivity contribution is 0.102. The zero-order chi connectivity index (χ0) is 14.4. The Kier molecular flexibility index (Phi) is 5.55. The molecule has 0 aliphatic carbocycles. The maximum absolute atomic E-state index is 12.2. The van der Waals surface area contributed by atoms with Crippen LogP contribution in [-0.4, -0.2) is 22.4 Å². The molecule has 4 nitrogen and oxygen atoms in total. The zero-order valence-corrected chi connectivity index (χ0v) is 13.2. The summed E-state index contributed by atoms with van der Waals surface area (Å²) >= 11 is 3.01. The van der Waals surface area contributed by atoms with E-state index in [2.05, 4.69) is 22.4 Å². The van der Waals surface area contributed by atoms with E-state index in [4.69, 9.17) is 0 Å². The Hall–Kier alpha value is -1.40. The molecule has 1 N–H and O–H groups in total. The molecular formula is C14H17N3OS2. The van der Waals surface area contributed by atoms with Crippen molar-refractivity contribution in [2.45, 2.75) is 31.1 Å². The zero-order valence-electron chi connectivity index (χ0n) is 11.5. The fourth-order valence-electron chi connectivity index (χ4n) is 1.73. The van der Waals surface area contributed by atoms with Gasteiger partial charge in [0.25, 0.3) is 5.91 Å². The Morgan fingerprint density at radius 3 is 2.90 bits per heavy atom. The molecule has 0 unspecified atom stereocenters. The molecule has 2 aromatic rings. The first-order valence-electron chi connectivity index (χ1n) is 6.51. The second-order valence-corrected chi connectivity index (χ2v) is 6.17. The number of nitrogens with one attached hydrogen (secondary N) is 1. The first-order valence-corrected chi connectivity index (χ1v) is 8.55. The number of benzene rings is 1. The number of aromatic nitrogens is 2. The highest BCUT2D eigenvalue weighted by atomic mass is 32.2. The molecule has 1 aromatic heterocycles. The van der Waals surface area contributed by atoms with Crippen molar-refractivity contribution in [3.63, 3.8) is 0 Å². The van der Waals surface area contributed by atoms with E-state index in [-0.39, 0.29) is 5.91 Å². The topological polar surface area (TPSA) is 54.9 Å². The summed E-state index contributed by atoms with van der Waals surface area (Å²) in [4.78, 5) is 13.2. The quantitative estimate of drug-likeness (QED) is 0.823. The number of hydrogen-bond acceptors (Lipinski definition) is 5. The lowest BCUT2D eigenvalue weighted by Gasteiger charge is -2.05. The van der Waals surface area contributed by atoms with Crippen molar-refractivity contribution < 1.29 is 4.79 Å². The molecule has 0 fully saturated rings. The van der Waals surface area contributed by atoms with Gasteiger partial charge in [-0.25, -0.2) is 0 Å². The van der Waals surface area contributed by atoms with Crippen molar-refractivity contribution in [3.05, 3.63) is 34.8 Å². The van der Waals surface area contributed by atoms with Crippen LogP contribution >= 0.6 is 23.1 Å². The van der Waals surface area contributed by atoms with Crippen LogP contribution in [-0.2, 0) is 6.42 Å². The minimum atomic E-state index is -0.131. The number of unbranched alkanes of at least 4 members (excludes halogenated alkanes) is 1. The van der Waals surface area contributed by atoms with Crippen molar-refractivity contribution >= 4 is 34.1 Å². The van der Waals surface area contributed by atoms with Gasteiger partial charge in [-0.2, -0.15) is 0 Å². The van der Waals surface area contributed by atoms with Crippen molar-refractivity contribution in [2.75, 3.05) is 11.6 Å². The van der Waals surface area contributed by atoms with E-state index >= 15 is 0 Å². The van der Waals surface area contributed by atoms with E-state index in [0.29, 0.717) is 10.7 Å². The monoisotopic (exact) mass is 307 g/mol. The predicted molar refractivity (Wildman–Crippen MR) is 84.7 cm³/mol. The van der Waals surface area contributed by atoms with Gasteiger partial charge in [-0.3, -0.25) is 10.1 Å². The van der Waals surface area contributed by atoms with E-state index in [1.165, 1.54) is 11.3 Å². The van der Waals surface area contributed by atoms with Gasteiger partial charge < -0.3 is 0 Å². The van der Waals surface area contributed by atoms with Crippen LogP contribution in [0, 0.1) is 0 Å². The molecule has 106 valence electrons. The molecule has 1 aromatic carbocycles. The fraction of sp³-hybridized carbons (Fsp3) is 0.357. The molecule has 2 rings (SSSR count). The summed E-state index contributed by atoms with van der Waals surface area (Å²) in [7, 11) is 0. The van der Waals surface area contributed by atoms with Crippen LogP contribution in [0.3, 0.4) is 0 Å².